The third-order valence-corrected chi connectivity index (χ3v) is 2.67. The molecule has 0 radical (unpaired) electrons. The second-order valence-corrected chi connectivity index (χ2v) is 3.77. The van der Waals surface area contributed by atoms with Crippen molar-refractivity contribution in [3.8, 4) is 11.3 Å². The Morgan fingerprint density at radius 1 is 0.944 bits per heavy atom. The Hall–Kier alpha value is -2.76. The van der Waals surface area contributed by atoms with Crippen molar-refractivity contribution in [1.82, 2.24) is 19.3 Å². The van der Waals surface area contributed by atoms with Crippen LogP contribution in [0, 0.1) is 0 Å². The molecule has 0 bridgehead atoms. The molecule has 0 aliphatic rings. The highest BCUT2D eigenvalue weighted by Gasteiger charge is 2.11. The number of hydrogen-bond acceptors (Lipinski definition) is 2. The molecule has 18 heavy (non-hydrogen) atoms. The minimum absolute atomic E-state index is 0.365. The number of nitrogens with zero attached hydrogens (tertiary/aromatic N) is 2. The number of imidazole rings is 2. The highest BCUT2D eigenvalue weighted by Crippen LogP contribution is 2.16. The van der Waals surface area contributed by atoms with Gasteiger partial charge in [-0.3, -0.25) is 0 Å². The predicted octanol–water partition coefficient (Wildman–Crippen LogP) is 0.645. The third-order valence-electron chi connectivity index (χ3n) is 2.67. The number of nitrogens with one attached hydrogen (secondary N) is 2. The smallest absolute Gasteiger partial charge is 0.311 e. The molecule has 3 aromatic rings. The fraction of sp³-hybridized carbons (Fsp3) is 0. The highest BCUT2D eigenvalue weighted by atomic mass is 16.2. The Kier molecular flexibility index (Phi) is 2.26. The van der Waals surface area contributed by atoms with E-state index in [0.29, 0.717) is 5.69 Å². The summed E-state index contributed by atoms with van der Waals surface area (Å²) >= 11 is 0. The molecular weight excluding hydrogens is 232 g/mol. The number of aromatic amines is 2. The number of H-pyrrole nitrogens is 2. The van der Waals surface area contributed by atoms with E-state index in [1.165, 1.54) is 21.7 Å². The monoisotopic (exact) mass is 242 g/mol. The molecule has 0 unspecified atom stereocenters. The largest absolute Gasteiger partial charge is 0.345 e. The van der Waals surface area contributed by atoms with E-state index in [1.54, 1.807) is 6.20 Å². The average Bonchev–Trinajstić information content (AvgIpc) is 2.96. The van der Waals surface area contributed by atoms with Crippen LogP contribution < -0.4 is 11.4 Å². The first-order valence-electron chi connectivity index (χ1n) is 5.40. The molecule has 6 heteroatoms. The molecule has 2 heterocycles. The number of aromatic nitrogens is 4. The van der Waals surface area contributed by atoms with E-state index < -0.39 is 0 Å². The first-order valence-corrected chi connectivity index (χ1v) is 5.40. The van der Waals surface area contributed by atoms with E-state index in [2.05, 4.69) is 9.97 Å². The summed E-state index contributed by atoms with van der Waals surface area (Å²) in [5, 5.41) is 0. The SMILES string of the molecule is O=c1[nH]ccn1-n1c(-c2ccccc2)c[nH]c1=O. The molecule has 0 aliphatic heterocycles. The Balaban J connectivity index is 2.29. The summed E-state index contributed by atoms with van der Waals surface area (Å²) in [4.78, 5) is 28.5. The summed E-state index contributed by atoms with van der Waals surface area (Å²) in [6.07, 6.45) is 4.57. The lowest BCUT2D eigenvalue weighted by atomic mass is 10.2. The van der Waals surface area contributed by atoms with E-state index >= 15 is 0 Å². The molecule has 2 N–H and O–H groups in total. The zero-order valence-electron chi connectivity index (χ0n) is 9.33. The predicted molar refractivity (Wildman–Crippen MR) is 66.3 cm³/mol. The van der Waals surface area contributed by atoms with E-state index in [-0.39, 0.29) is 11.4 Å². The number of hydrogen-bond donors (Lipinski definition) is 2. The zero-order chi connectivity index (χ0) is 12.5. The van der Waals surface area contributed by atoms with E-state index in [1.807, 2.05) is 30.3 Å². The van der Waals surface area contributed by atoms with Crippen molar-refractivity contribution in [2.24, 2.45) is 0 Å². The van der Waals surface area contributed by atoms with Gasteiger partial charge in [0.2, 0.25) is 0 Å². The lowest BCUT2D eigenvalue weighted by Crippen LogP contribution is -2.31. The highest BCUT2D eigenvalue weighted by molar-refractivity contribution is 5.58. The fourth-order valence-corrected chi connectivity index (χ4v) is 1.86. The first-order chi connectivity index (χ1) is 8.77. The molecular formula is C12H10N4O2. The van der Waals surface area contributed by atoms with Gasteiger partial charge in [0.25, 0.3) is 0 Å². The van der Waals surface area contributed by atoms with Crippen LogP contribution in [-0.2, 0) is 0 Å². The van der Waals surface area contributed by atoms with E-state index in [4.69, 9.17) is 0 Å². The van der Waals surface area contributed by atoms with Gasteiger partial charge in [-0.25, -0.2) is 9.59 Å². The van der Waals surface area contributed by atoms with Gasteiger partial charge < -0.3 is 9.97 Å². The Morgan fingerprint density at radius 3 is 2.39 bits per heavy atom. The maximum Gasteiger partial charge on any atom is 0.345 e. The summed E-state index contributed by atoms with van der Waals surface area (Å²) < 4.78 is 2.51. The molecule has 0 saturated carbocycles. The van der Waals surface area contributed by atoms with Crippen molar-refractivity contribution in [2.45, 2.75) is 0 Å². The van der Waals surface area contributed by atoms with Crippen LogP contribution in [0.25, 0.3) is 11.3 Å². The first kappa shape index (κ1) is 10.4. The van der Waals surface area contributed by atoms with Crippen LogP contribution in [0.1, 0.15) is 0 Å². The number of benzene rings is 1. The summed E-state index contributed by atoms with van der Waals surface area (Å²) in [6, 6.07) is 9.38. The molecule has 0 fully saturated rings. The van der Waals surface area contributed by atoms with Gasteiger partial charge in [0.15, 0.2) is 0 Å². The molecule has 1 aromatic carbocycles. The zero-order valence-corrected chi connectivity index (χ0v) is 9.33. The lowest BCUT2D eigenvalue weighted by molar-refractivity contribution is 0.615. The van der Waals surface area contributed by atoms with Crippen LogP contribution in [0.3, 0.4) is 0 Å². The molecule has 0 amide bonds. The summed E-state index contributed by atoms with van der Waals surface area (Å²) in [7, 11) is 0. The molecule has 2 aromatic heterocycles. The van der Waals surface area contributed by atoms with Gasteiger partial charge in [-0.2, -0.15) is 9.35 Å². The van der Waals surface area contributed by atoms with Crippen molar-refractivity contribution < 1.29 is 0 Å². The van der Waals surface area contributed by atoms with Crippen molar-refractivity contribution in [3.63, 3.8) is 0 Å². The molecule has 0 aliphatic carbocycles. The molecule has 3 rings (SSSR count). The van der Waals surface area contributed by atoms with Crippen molar-refractivity contribution in [3.05, 3.63) is 69.9 Å². The van der Waals surface area contributed by atoms with Crippen LogP contribution in [0.4, 0.5) is 0 Å². The van der Waals surface area contributed by atoms with Gasteiger partial charge in [0, 0.05) is 24.2 Å². The quantitative estimate of drug-likeness (QED) is 0.692. The molecule has 0 atom stereocenters. The maximum absolute atomic E-state index is 11.8. The second kappa shape index (κ2) is 3.92. The molecule has 0 spiro atoms. The summed E-state index contributed by atoms with van der Waals surface area (Å²) in [5.74, 6) is 0. The van der Waals surface area contributed by atoms with Crippen LogP contribution >= 0.6 is 0 Å². The maximum atomic E-state index is 11.8. The number of rotatable bonds is 2. The summed E-state index contributed by atoms with van der Waals surface area (Å²) in [6.45, 7) is 0. The minimum atomic E-state index is -0.367. The Bertz CT molecular complexity index is 776. The molecule has 6 nitrogen and oxygen atoms in total. The van der Waals surface area contributed by atoms with Crippen LogP contribution in [0.5, 0.6) is 0 Å². The van der Waals surface area contributed by atoms with Crippen molar-refractivity contribution in [1.29, 1.82) is 0 Å². The van der Waals surface area contributed by atoms with Gasteiger partial charge in [-0.15, -0.1) is 0 Å². The fourth-order valence-electron chi connectivity index (χ4n) is 1.86. The Labute approximate surface area is 101 Å². The minimum Gasteiger partial charge on any atom is -0.311 e. The van der Waals surface area contributed by atoms with E-state index in [0.717, 1.165) is 5.56 Å². The van der Waals surface area contributed by atoms with Gasteiger partial charge >= 0.3 is 11.4 Å². The van der Waals surface area contributed by atoms with Gasteiger partial charge in [-0.05, 0) is 0 Å². The summed E-state index contributed by atoms with van der Waals surface area (Å²) in [5.41, 5.74) is 0.746. The second-order valence-electron chi connectivity index (χ2n) is 3.77. The van der Waals surface area contributed by atoms with Crippen LogP contribution in [0.15, 0.2) is 58.5 Å². The normalized spacial score (nSPS) is 10.7. The van der Waals surface area contributed by atoms with Crippen molar-refractivity contribution in [2.75, 3.05) is 0 Å². The standard InChI is InChI=1S/C12H10N4O2/c17-11-13-6-7-15(11)16-10(8-14-12(16)18)9-4-2-1-3-5-9/h1-8H,(H,13,17)(H,14,18). The Morgan fingerprint density at radius 2 is 1.72 bits per heavy atom. The third kappa shape index (κ3) is 1.51. The average molecular weight is 242 g/mol. The molecule has 0 saturated heterocycles. The van der Waals surface area contributed by atoms with Crippen LogP contribution in [-0.4, -0.2) is 19.3 Å². The van der Waals surface area contributed by atoms with Crippen LogP contribution in [0.2, 0.25) is 0 Å². The van der Waals surface area contributed by atoms with Gasteiger partial charge in [0.1, 0.15) is 0 Å². The van der Waals surface area contributed by atoms with Gasteiger partial charge in [0.05, 0.1) is 5.69 Å². The van der Waals surface area contributed by atoms with Gasteiger partial charge in [-0.1, -0.05) is 30.3 Å². The molecule has 90 valence electrons. The van der Waals surface area contributed by atoms with E-state index in [9.17, 15) is 9.59 Å². The lowest BCUT2D eigenvalue weighted by Gasteiger charge is -2.06. The van der Waals surface area contributed by atoms with Crippen molar-refractivity contribution >= 4 is 0 Å². The topological polar surface area (TPSA) is 75.6 Å².